The zero-order valence-corrected chi connectivity index (χ0v) is 8.57. The summed E-state index contributed by atoms with van der Waals surface area (Å²) < 4.78 is 5.46. The summed E-state index contributed by atoms with van der Waals surface area (Å²) in [6.45, 7) is 2.00. The molecule has 1 saturated carbocycles. The Morgan fingerprint density at radius 1 is 1.43 bits per heavy atom. The van der Waals surface area contributed by atoms with Crippen molar-refractivity contribution in [1.82, 2.24) is 10.2 Å². The third-order valence-corrected chi connectivity index (χ3v) is 2.98. The summed E-state index contributed by atoms with van der Waals surface area (Å²) in [5.41, 5.74) is 6.07. The minimum absolute atomic E-state index is 0.0506. The van der Waals surface area contributed by atoms with E-state index in [0.717, 1.165) is 6.42 Å². The Bertz CT molecular complexity index is 291. The first-order valence-electron chi connectivity index (χ1n) is 5.39. The lowest BCUT2D eigenvalue weighted by atomic mass is 9.99. The third-order valence-electron chi connectivity index (χ3n) is 2.98. The second kappa shape index (κ2) is 4.09. The topological polar surface area (TPSA) is 64.9 Å². The van der Waals surface area contributed by atoms with Gasteiger partial charge in [-0.3, -0.25) is 0 Å². The van der Waals surface area contributed by atoms with Crippen LogP contribution in [0, 0.1) is 5.92 Å². The van der Waals surface area contributed by atoms with Crippen molar-refractivity contribution < 1.29 is 4.42 Å². The van der Waals surface area contributed by atoms with Gasteiger partial charge in [-0.1, -0.05) is 19.8 Å². The van der Waals surface area contributed by atoms with E-state index >= 15 is 0 Å². The lowest BCUT2D eigenvalue weighted by molar-refractivity contribution is 0.346. The van der Waals surface area contributed by atoms with E-state index in [4.69, 9.17) is 10.2 Å². The highest BCUT2D eigenvalue weighted by atomic mass is 16.4. The second-order valence-electron chi connectivity index (χ2n) is 3.96. The van der Waals surface area contributed by atoms with Gasteiger partial charge in [-0.15, -0.1) is 10.2 Å². The number of aromatic nitrogens is 2. The van der Waals surface area contributed by atoms with E-state index in [0.29, 0.717) is 17.7 Å². The van der Waals surface area contributed by atoms with Gasteiger partial charge in [-0.2, -0.15) is 0 Å². The number of nitrogens with zero attached hydrogens (tertiary/aromatic N) is 2. The molecule has 1 aromatic rings. The van der Waals surface area contributed by atoms with Crippen LogP contribution in [0.15, 0.2) is 4.42 Å². The maximum absolute atomic E-state index is 6.07. The molecule has 4 nitrogen and oxygen atoms in total. The highest BCUT2D eigenvalue weighted by molar-refractivity contribution is 4.93. The van der Waals surface area contributed by atoms with Crippen LogP contribution in [0.25, 0.3) is 0 Å². The molecule has 0 saturated heterocycles. The molecule has 1 aromatic heterocycles. The smallest absolute Gasteiger partial charge is 0.233 e. The predicted molar refractivity (Wildman–Crippen MR) is 52.6 cm³/mol. The highest BCUT2D eigenvalue weighted by Gasteiger charge is 2.26. The molecular weight excluding hydrogens is 178 g/mol. The Balaban J connectivity index is 2.05. The van der Waals surface area contributed by atoms with Crippen LogP contribution >= 0.6 is 0 Å². The standard InChI is InChI=1S/C10H17N3O/c1-2-8-12-13-10(14-8)9(11)7-5-3-4-6-7/h7,9H,2-6,11H2,1H3. The monoisotopic (exact) mass is 195 g/mol. The molecule has 4 heteroatoms. The van der Waals surface area contributed by atoms with Crippen LogP contribution in [0.5, 0.6) is 0 Å². The van der Waals surface area contributed by atoms with Gasteiger partial charge in [0.1, 0.15) is 0 Å². The van der Waals surface area contributed by atoms with Gasteiger partial charge in [0, 0.05) is 6.42 Å². The second-order valence-corrected chi connectivity index (χ2v) is 3.96. The number of nitrogens with two attached hydrogens (primary N) is 1. The fourth-order valence-corrected chi connectivity index (χ4v) is 2.06. The molecule has 1 atom stereocenters. The van der Waals surface area contributed by atoms with E-state index < -0.39 is 0 Å². The molecule has 78 valence electrons. The van der Waals surface area contributed by atoms with Crippen LogP contribution in [0.4, 0.5) is 0 Å². The molecule has 2 N–H and O–H groups in total. The Morgan fingerprint density at radius 3 is 2.71 bits per heavy atom. The summed E-state index contributed by atoms with van der Waals surface area (Å²) in [5.74, 6) is 1.85. The van der Waals surface area contributed by atoms with Crippen LogP contribution in [0.2, 0.25) is 0 Å². The molecule has 0 radical (unpaired) electrons. The number of rotatable bonds is 3. The van der Waals surface area contributed by atoms with E-state index in [2.05, 4.69) is 10.2 Å². The van der Waals surface area contributed by atoms with Gasteiger partial charge in [-0.05, 0) is 18.8 Å². The fourth-order valence-electron chi connectivity index (χ4n) is 2.06. The molecule has 0 aromatic carbocycles. The van der Waals surface area contributed by atoms with E-state index in [1.54, 1.807) is 0 Å². The van der Waals surface area contributed by atoms with Gasteiger partial charge in [0.15, 0.2) is 0 Å². The molecule has 0 spiro atoms. The Hall–Kier alpha value is -0.900. The van der Waals surface area contributed by atoms with E-state index in [9.17, 15) is 0 Å². The molecule has 0 aliphatic heterocycles. The summed E-state index contributed by atoms with van der Waals surface area (Å²) in [7, 11) is 0. The predicted octanol–water partition coefficient (Wildman–Crippen LogP) is 1.82. The first-order valence-corrected chi connectivity index (χ1v) is 5.39. The number of aryl methyl sites for hydroxylation is 1. The molecule has 1 unspecified atom stereocenters. The van der Waals surface area contributed by atoms with Crippen molar-refractivity contribution >= 4 is 0 Å². The van der Waals surface area contributed by atoms with E-state index in [1.165, 1.54) is 25.7 Å². The lowest BCUT2D eigenvalue weighted by Crippen LogP contribution is -2.19. The SMILES string of the molecule is CCc1nnc(C(N)C2CCCC2)o1. The first-order chi connectivity index (χ1) is 6.81. The van der Waals surface area contributed by atoms with Crippen molar-refractivity contribution in [3.63, 3.8) is 0 Å². The average Bonchev–Trinajstić information content (AvgIpc) is 2.88. The molecule has 1 aliphatic rings. The molecule has 14 heavy (non-hydrogen) atoms. The minimum atomic E-state index is -0.0506. The highest BCUT2D eigenvalue weighted by Crippen LogP contribution is 2.33. The third kappa shape index (κ3) is 1.80. The molecular formula is C10H17N3O. The summed E-state index contributed by atoms with van der Waals surface area (Å²) in [4.78, 5) is 0. The van der Waals surface area contributed by atoms with Crippen LogP contribution in [0.1, 0.15) is 50.4 Å². The lowest BCUT2D eigenvalue weighted by Gasteiger charge is -2.13. The summed E-state index contributed by atoms with van der Waals surface area (Å²) in [5, 5.41) is 7.92. The fraction of sp³-hybridized carbons (Fsp3) is 0.800. The maximum Gasteiger partial charge on any atom is 0.233 e. The largest absolute Gasteiger partial charge is 0.424 e. The van der Waals surface area contributed by atoms with Gasteiger partial charge >= 0.3 is 0 Å². The number of hydrogen-bond acceptors (Lipinski definition) is 4. The summed E-state index contributed by atoms with van der Waals surface area (Å²) in [6, 6.07) is -0.0506. The van der Waals surface area contributed by atoms with Gasteiger partial charge in [0.2, 0.25) is 11.8 Å². The van der Waals surface area contributed by atoms with E-state index in [1.807, 2.05) is 6.92 Å². The zero-order chi connectivity index (χ0) is 9.97. The van der Waals surface area contributed by atoms with Crippen molar-refractivity contribution in [3.8, 4) is 0 Å². The van der Waals surface area contributed by atoms with Crippen molar-refractivity contribution in [2.45, 2.75) is 45.1 Å². The van der Waals surface area contributed by atoms with E-state index in [-0.39, 0.29) is 6.04 Å². The van der Waals surface area contributed by atoms with Gasteiger partial charge in [0.05, 0.1) is 6.04 Å². The van der Waals surface area contributed by atoms with Crippen LogP contribution in [0.3, 0.4) is 0 Å². The molecule has 0 amide bonds. The Kier molecular flexibility index (Phi) is 2.82. The normalized spacial score (nSPS) is 20.1. The molecule has 0 bridgehead atoms. The van der Waals surface area contributed by atoms with Gasteiger partial charge < -0.3 is 10.2 Å². The molecule has 1 heterocycles. The Labute approximate surface area is 83.9 Å². The van der Waals surface area contributed by atoms with Gasteiger partial charge in [-0.25, -0.2) is 0 Å². The minimum Gasteiger partial charge on any atom is -0.424 e. The maximum atomic E-state index is 6.07. The quantitative estimate of drug-likeness (QED) is 0.799. The van der Waals surface area contributed by atoms with Gasteiger partial charge in [0.25, 0.3) is 0 Å². The Morgan fingerprint density at radius 2 is 2.14 bits per heavy atom. The van der Waals surface area contributed by atoms with Crippen molar-refractivity contribution in [2.75, 3.05) is 0 Å². The average molecular weight is 195 g/mol. The summed E-state index contributed by atoms with van der Waals surface area (Å²) >= 11 is 0. The van der Waals surface area contributed by atoms with Crippen molar-refractivity contribution in [3.05, 3.63) is 11.8 Å². The molecule has 1 aliphatic carbocycles. The zero-order valence-electron chi connectivity index (χ0n) is 8.57. The van der Waals surface area contributed by atoms with Crippen LogP contribution in [-0.2, 0) is 6.42 Å². The summed E-state index contributed by atoms with van der Waals surface area (Å²) in [6.07, 6.45) is 5.75. The van der Waals surface area contributed by atoms with Crippen LogP contribution < -0.4 is 5.73 Å². The van der Waals surface area contributed by atoms with Crippen molar-refractivity contribution in [1.29, 1.82) is 0 Å². The molecule has 2 rings (SSSR count). The van der Waals surface area contributed by atoms with Crippen molar-refractivity contribution in [2.24, 2.45) is 11.7 Å². The van der Waals surface area contributed by atoms with Crippen LogP contribution in [-0.4, -0.2) is 10.2 Å². The first kappa shape index (κ1) is 9.65. The molecule has 1 fully saturated rings. The number of hydrogen-bond donors (Lipinski definition) is 1.